The van der Waals surface area contributed by atoms with E-state index in [1.165, 1.54) is 22.9 Å². The highest BCUT2D eigenvalue weighted by molar-refractivity contribution is 7.99. The Balaban J connectivity index is 1.61. The number of ether oxygens (including phenoxy) is 1. The number of hydrogen-bond acceptors (Lipinski definition) is 5. The molecule has 0 spiro atoms. The van der Waals surface area contributed by atoms with Gasteiger partial charge in [0.1, 0.15) is 12.4 Å². The van der Waals surface area contributed by atoms with Crippen LogP contribution >= 0.6 is 11.8 Å². The average Bonchev–Trinajstić information content (AvgIpc) is 3.15. The van der Waals surface area contributed by atoms with E-state index < -0.39 is 0 Å². The third kappa shape index (κ3) is 6.13. The molecule has 0 bridgehead atoms. The first kappa shape index (κ1) is 23.9. The van der Waals surface area contributed by atoms with Crippen LogP contribution in [0.15, 0.2) is 47.6 Å². The molecule has 0 atom stereocenters. The van der Waals surface area contributed by atoms with Gasteiger partial charge in [0.25, 0.3) is 0 Å². The fourth-order valence-electron chi connectivity index (χ4n) is 3.41. The van der Waals surface area contributed by atoms with Crippen molar-refractivity contribution in [3.8, 4) is 5.75 Å². The molecular formula is C25H32N4O2S. The van der Waals surface area contributed by atoms with E-state index in [9.17, 15) is 4.79 Å². The second kappa shape index (κ2) is 10.7. The molecule has 6 nitrogen and oxygen atoms in total. The van der Waals surface area contributed by atoms with Gasteiger partial charge in [-0.1, -0.05) is 55.4 Å². The number of anilines is 1. The van der Waals surface area contributed by atoms with Crippen molar-refractivity contribution < 1.29 is 9.53 Å². The van der Waals surface area contributed by atoms with Crippen LogP contribution in [-0.4, -0.2) is 26.4 Å². The maximum Gasteiger partial charge on any atom is 0.234 e. The Morgan fingerprint density at radius 3 is 2.41 bits per heavy atom. The first-order valence-electron chi connectivity index (χ1n) is 10.9. The van der Waals surface area contributed by atoms with Crippen LogP contribution in [0.5, 0.6) is 5.75 Å². The third-order valence-electron chi connectivity index (χ3n) is 5.13. The SMILES string of the molecule is Cc1ccc(OCc2nnc(SCC(=O)Nc3ccc(C(C)C)cc3)n2C(C)C)c(C)c1. The standard InChI is InChI=1S/C25H32N4O2S/c1-16(2)20-8-10-21(11-9-20)26-24(30)15-32-25-28-27-23(29(25)17(3)4)14-31-22-12-7-18(5)13-19(22)6/h7-13,16-17H,14-15H2,1-6H3,(H,26,30). The molecule has 0 aliphatic heterocycles. The molecule has 7 heteroatoms. The Labute approximate surface area is 194 Å². The van der Waals surface area contributed by atoms with Gasteiger partial charge >= 0.3 is 0 Å². The molecule has 0 radical (unpaired) electrons. The lowest BCUT2D eigenvalue weighted by molar-refractivity contribution is -0.113. The summed E-state index contributed by atoms with van der Waals surface area (Å²) in [6, 6.07) is 14.2. The van der Waals surface area contributed by atoms with E-state index in [0.29, 0.717) is 17.7 Å². The lowest BCUT2D eigenvalue weighted by atomic mass is 10.0. The first-order valence-corrected chi connectivity index (χ1v) is 11.9. The van der Waals surface area contributed by atoms with Gasteiger partial charge in [0.2, 0.25) is 5.91 Å². The maximum absolute atomic E-state index is 12.5. The number of rotatable bonds is 9. The minimum absolute atomic E-state index is 0.0707. The summed E-state index contributed by atoms with van der Waals surface area (Å²) in [5, 5.41) is 12.3. The fourth-order valence-corrected chi connectivity index (χ4v) is 4.29. The van der Waals surface area contributed by atoms with Crippen molar-refractivity contribution in [2.24, 2.45) is 0 Å². The van der Waals surface area contributed by atoms with Crippen molar-refractivity contribution in [1.82, 2.24) is 14.8 Å². The third-order valence-corrected chi connectivity index (χ3v) is 6.08. The van der Waals surface area contributed by atoms with Crippen LogP contribution in [-0.2, 0) is 11.4 Å². The number of aromatic nitrogens is 3. The molecule has 2 aromatic carbocycles. The quantitative estimate of drug-likeness (QED) is 0.409. The Morgan fingerprint density at radius 1 is 1.06 bits per heavy atom. The van der Waals surface area contributed by atoms with E-state index in [4.69, 9.17) is 4.74 Å². The lowest BCUT2D eigenvalue weighted by Gasteiger charge is -2.15. The molecule has 32 heavy (non-hydrogen) atoms. The number of nitrogens with zero attached hydrogens (tertiary/aromatic N) is 3. The minimum atomic E-state index is -0.0707. The van der Waals surface area contributed by atoms with Gasteiger partial charge in [0, 0.05) is 11.7 Å². The van der Waals surface area contributed by atoms with E-state index >= 15 is 0 Å². The zero-order chi connectivity index (χ0) is 23.3. The molecule has 1 heterocycles. The number of nitrogens with one attached hydrogen (secondary N) is 1. The summed E-state index contributed by atoms with van der Waals surface area (Å²) in [6.07, 6.45) is 0. The number of amides is 1. The van der Waals surface area contributed by atoms with E-state index in [2.05, 4.69) is 56.2 Å². The van der Waals surface area contributed by atoms with E-state index in [-0.39, 0.29) is 17.7 Å². The predicted molar refractivity (Wildman–Crippen MR) is 131 cm³/mol. The number of aryl methyl sites for hydroxylation is 2. The van der Waals surface area contributed by atoms with Gasteiger partial charge in [0.05, 0.1) is 5.75 Å². The molecule has 0 unspecified atom stereocenters. The Kier molecular flexibility index (Phi) is 7.96. The molecule has 1 amide bonds. The summed E-state index contributed by atoms with van der Waals surface area (Å²) in [5.74, 6) is 2.23. The van der Waals surface area contributed by atoms with Gasteiger partial charge in [-0.3, -0.25) is 4.79 Å². The monoisotopic (exact) mass is 452 g/mol. The maximum atomic E-state index is 12.5. The minimum Gasteiger partial charge on any atom is -0.485 e. The lowest BCUT2D eigenvalue weighted by Crippen LogP contribution is -2.15. The van der Waals surface area contributed by atoms with Crippen LogP contribution < -0.4 is 10.1 Å². The summed E-state index contributed by atoms with van der Waals surface area (Å²) in [6.45, 7) is 12.9. The predicted octanol–water partition coefficient (Wildman–Crippen LogP) is 5.91. The summed E-state index contributed by atoms with van der Waals surface area (Å²) < 4.78 is 8.03. The number of hydrogen-bond donors (Lipinski definition) is 1. The van der Waals surface area contributed by atoms with E-state index in [1.807, 2.05) is 47.9 Å². The van der Waals surface area contributed by atoms with Gasteiger partial charge in [-0.2, -0.15) is 0 Å². The van der Waals surface area contributed by atoms with Gasteiger partial charge in [0.15, 0.2) is 11.0 Å². The summed E-state index contributed by atoms with van der Waals surface area (Å²) >= 11 is 1.38. The number of carbonyl (C=O) groups is 1. The van der Waals surface area contributed by atoms with Crippen LogP contribution in [0.1, 0.15) is 62.2 Å². The molecule has 1 N–H and O–H groups in total. The Hall–Kier alpha value is -2.80. The normalized spacial score (nSPS) is 11.2. The van der Waals surface area contributed by atoms with Crippen LogP contribution in [0.3, 0.4) is 0 Å². The molecule has 0 aliphatic rings. The number of benzene rings is 2. The highest BCUT2D eigenvalue weighted by Gasteiger charge is 2.17. The van der Waals surface area contributed by atoms with Gasteiger partial charge < -0.3 is 14.6 Å². The summed E-state index contributed by atoms with van der Waals surface area (Å²) in [4.78, 5) is 12.5. The molecular weight excluding hydrogens is 420 g/mol. The van der Waals surface area contributed by atoms with E-state index in [0.717, 1.165) is 22.8 Å². The molecule has 0 saturated carbocycles. The zero-order valence-electron chi connectivity index (χ0n) is 19.7. The molecule has 0 saturated heterocycles. The second-order valence-electron chi connectivity index (χ2n) is 8.53. The molecule has 3 rings (SSSR count). The molecule has 1 aromatic heterocycles. The second-order valence-corrected chi connectivity index (χ2v) is 9.48. The van der Waals surface area contributed by atoms with Crippen LogP contribution in [0.2, 0.25) is 0 Å². The van der Waals surface area contributed by atoms with Crippen molar-refractivity contribution in [2.75, 3.05) is 11.1 Å². The van der Waals surface area contributed by atoms with Gasteiger partial charge in [-0.05, 0) is 62.9 Å². The zero-order valence-corrected chi connectivity index (χ0v) is 20.5. The largest absolute Gasteiger partial charge is 0.485 e. The van der Waals surface area contributed by atoms with Crippen LogP contribution in [0.4, 0.5) is 5.69 Å². The smallest absolute Gasteiger partial charge is 0.234 e. The van der Waals surface area contributed by atoms with E-state index in [1.54, 1.807) is 0 Å². The van der Waals surface area contributed by atoms with Crippen molar-refractivity contribution >= 4 is 23.4 Å². The van der Waals surface area contributed by atoms with Crippen molar-refractivity contribution in [2.45, 2.75) is 65.3 Å². The number of carbonyl (C=O) groups excluding carboxylic acids is 1. The molecule has 0 fully saturated rings. The Morgan fingerprint density at radius 2 is 1.78 bits per heavy atom. The topological polar surface area (TPSA) is 69.0 Å². The number of thioether (sulfide) groups is 1. The Bertz CT molecular complexity index is 1060. The average molecular weight is 453 g/mol. The highest BCUT2D eigenvalue weighted by atomic mass is 32.2. The van der Waals surface area contributed by atoms with Crippen molar-refractivity contribution in [3.63, 3.8) is 0 Å². The van der Waals surface area contributed by atoms with Gasteiger partial charge in [-0.25, -0.2) is 0 Å². The van der Waals surface area contributed by atoms with Crippen molar-refractivity contribution in [1.29, 1.82) is 0 Å². The summed E-state index contributed by atoms with van der Waals surface area (Å²) in [7, 11) is 0. The van der Waals surface area contributed by atoms with Crippen LogP contribution in [0.25, 0.3) is 0 Å². The molecule has 0 aliphatic carbocycles. The molecule has 170 valence electrons. The summed E-state index contributed by atoms with van der Waals surface area (Å²) in [5.41, 5.74) is 4.34. The highest BCUT2D eigenvalue weighted by Crippen LogP contribution is 2.25. The van der Waals surface area contributed by atoms with Gasteiger partial charge in [-0.15, -0.1) is 10.2 Å². The van der Waals surface area contributed by atoms with Crippen molar-refractivity contribution in [3.05, 3.63) is 65.0 Å². The van der Waals surface area contributed by atoms with Crippen LogP contribution in [0, 0.1) is 13.8 Å². The fraction of sp³-hybridized carbons (Fsp3) is 0.400. The first-order chi connectivity index (χ1) is 15.2. The molecule has 3 aromatic rings.